The first kappa shape index (κ1) is 14.1. The van der Waals surface area contributed by atoms with Gasteiger partial charge >= 0.3 is 0 Å². The van der Waals surface area contributed by atoms with Crippen LogP contribution in [0.5, 0.6) is 0 Å². The van der Waals surface area contributed by atoms with Gasteiger partial charge in [-0.05, 0) is 20.3 Å². The zero-order valence-corrected chi connectivity index (χ0v) is 11.2. The van der Waals surface area contributed by atoms with Crippen molar-refractivity contribution in [1.29, 1.82) is 0 Å². The van der Waals surface area contributed by atoms with Crippen molar-refractivity contribution in [2.24, 2.45) is 0 Å². The minimum absolute atomic E-state index is 0.0744. The fourth-order valence-electron chi connectivity index (χ4n) is 1.20. The van der Waals surface area contributed by atoms with Crippen molar-refractivity contribution in [3.63, 3.8) is 0 Å². The van der Waals surface area contributed by atoms with Gasteiger partial charge in [-0.1, -0.05) is 6.92 Å². The molecule has 0 aliphatic heterocycles. The van der Waals surface area contributed by atoms with Gasteiger partial charge in [0.15, 0.2) is 0 Å². The van der Waals surface area contributed by atoms with Crippen LogP contribution < -0.4 is 4.72 Å². The Kier molecular flexibility index (Phi) is 4.29. The summed E-state index contributed by atoms with van der Waals surface area (Å²) in [5, 5.41) is 12.6. The summed E-state index contributed by atoms with van der Waals surface area (Å²) in [5.41, 5.74) is -0.488. The highest BCUT2D eigenvalue weighted by atomic mass is 32.2. The highest BCUT2D eigenvalue weighted by Gasteiger charge is 2.25. The predicted molar refractivity (Wildman–Crippen MR) is 64.0 cm³/mol. The van der Waals surface area contributed by atoms with Crippen molar-refractivity contribution in [2.75, 3.05) is 6.61 Å². The molecule has 1 heterocycles. The molecule has 0 fully saturated rings. The molecule has 1 aromatic heterocycles. The van der Waals surface area contributed by atoms with Gasteiger partial charge in [-0.15, -0.1) is 0 Å². The zero-order chi connectivity index (χ0) is 13.1. The summed E-state index contributed by atoms with van der Waals surface area (Å²) in [6.45, 7) is 5.77. The van der Waals surface area contributed by atoms with Gasteiger partial charge in [0.1, 0.15) is 4.90 Å². The van der Waals surface area contributed by atoms with Gasteiger partial charge in [-0.2, -0.15) is 5.10 Å². The molecule has 0 aliphatic carbocycles. The van der Waals surface area contributed by atoms with E-state index in [1.165, 1.54) is 17.1 Å². The molecular formula is C10H19N3O3S. The number of nitrogens with one attached hydrogen (secondary N) is 1. The molecule has 1 rings (SSSR count). The van der Waals surface area contributed by atoms with E-state index in [0.717, 1.165) is 0 Å². The van der Waals surface area contributed by atoms with Gasteiger partial charge in [0.05, 0.1) is 19.3 Å². The van der Waals surface area contributed by atoms with E-state index in [4.69, 9.17) is 5.11 Å². The lowest BCUT2D eigenvalue weighted by molar-refractivity contribution is 0.269. The molecule has 0 atom stereocenters. The minimum atomic E-state index is -3.54. The molecule has 0 aliphatic rings. The molecule has 98 valence electrons. The Bertz CT molecular complexity index is 465. The van der Waals surface area contributed by atoms with Crippen molar-refractivity contribution < 1.29 is 13.5 Å². The highest BCUT2D eigenvalue weighted by molar-refractivity contribution is 7.89. The Morgan fingerprint density at radius 3 is 2.71 bits per heavy atom. The first-order valence-electron chi connectivity index (χ1n) is 5.48. The van der Waals surface area contributed by atoms with Crippen LogP contribution in [0.15, 0.2) is 17.3 Å². The van der Waals surface area contributed by atoms with Crippen LogP contribution in [0.3, 0.4) is 0 Å². The van der Waals surface area contributed by atoms with Crippen molar-refractivity contribution >= 4 is 10.0 Å². The molecule has 6 nitrogen and oxygen atoms in total. The third-order valence-electron chi connectivity index (χ3n) is 2.54. The average molecular weight is 261 g/mol. The van der Waals surface area contributed by atoms with Crippen LogP contribution in [-0.4, -0.2) is 35.5 Å². The van der Waals surface area contributed by atoms with Crippen LogP contribution in [0.1, 0.15) is 27.2 Å². The van der Waals surface area contributed by atoms with Crippen molar-refractivity contribution in [3.8, 4) is 0 Å². The van der Waals surface area contributed by atoms with Gasteiger partial charge in [-0.3, -0.25) is 4.68 Å². The SMILES string of the molecule is CCC(C)(C)NS(=O)(=O)c1cnn(CCO)c1. The van der Waals surface area contributed by atoms with Crippen LogP contribution >= 0.6 is 0 Å². The van der Waals surface area contributed by atoms with E-state index in [0.29, 0.717) is 6.42 Å². The fraction of sp³-hybridized carbons (Fsp3) is 0.700. The quantitative estimate of drug-likeness (QED) is 0.773. The molecule has 0 aromatic carbocycles. The lowest BCUT2D eigenvalue weighted by atomic mass is 10.0. The monoisotopic (exact) mass is 261 g/mol. The van der Waals surface area contributed by atoms with Crippen LogP contribution in [0.4, 0.5) is 0 Å². The summed E-state index contributed by atoms with van der Waals surface area (Å²) >= 11 is 0. The number of rotatable bonds is 6. The molecule has 0 unspecified atom stereocenters. The van der Waals surface area contributed by atoms with E-state index < -0.39 is 15.6 Å². The van der Waals surface area contributed by atoms with Gasteiger partial charge < -0.3 is 5.11 Å². The average Bonchev–Trinajstić information content (AvgIpc) is 2.66. The zero-order valence-electron chi connectivity index (χ0n) is 10.3. The van der Waals surface area contributed by atoms with Crippen LogP contribution in [0.2, 0.25) is 0 Å². The van der Waals surface area contributed by atoms with Crippen LogP contribution in [0, 0.1) is 0 Å². The largest absolute Gasteiger partial charge is 0.394 e. The number of hydrogen-bond donors (Lipinski definition) is 2. The maximum absolute atomic E-state index is 12.0. The van der Waals surface area contributed by atoms with Gasteiger partial charge in [0.25, 0.3) is 0 Å². The van der Waals surface area contributed by atoms with Gasteiger partial charge in [0, 0.05) is 11.7 Å². The molecule has 0 bridgehead atoms. The fourth-order valence-corrected chi connectivity index (χ4v) is 2.64. The minimum Gasteiger partial charge on any atom is -0.394 e. The van der Waals surface area contributed by atoms with Crippen molar-refractivity contribution in [2.45, 2.75) is 44.2 Å². The predicted octanol–water partition coefficient (Wildman–Crippen LogP) is 0.342. The van der Waals surface area contributed by atoms with E-state index in [-0.39, 0.29) is 18.0 Å². The second-order valence-corrected chi connectivity index (χ2v) is 6.19. The maximum Gasteiger partial charge on any atom is 0.244 e. The van der Waals surface area contributed by atoms with Crippen molar-refractivity contribution in [3.05, 3.63) is 12.4 Å². The Morgan fingerprint density at radius 2 is 2.18 bits per heavy atom. The summed E-state index contributed by atoms with van der Waals surface area (Å²) in [4.78, 5) is 0.118. The number of aliphatic hydroxyl groups is 1. The van der Waals surface area contributed by atoms with Gasteiger partial charge in [0.2, 0.25) is 10.0 Å². The number of aromatic nitrogens is 2. The smallest absolute Gasteiger partial charge is 0.244 e. The van der Waals surface area contributed by atoms with E-state index in [2.05, 4.69) is 9.82 Å². The molecule has 1 aromatic rings. The summed E-state index contributed by atoms with van der Waals surface area (Å²) < 4.78 is 28.0. The molecule has 0 saturated carbocycles. The molecule has 0 radical (unpaired) electrons. The summed E-state index contributed by atoms with van der Waals surface area (Å²) in [5.74, 6) is 0. The molecule has 0 amide bonds. The normalized spacial score (nSPS) is 12.9. The highest BCUT2D eigenvalue weighted by Crippen LogP contribution is 2.14. The van der Waals surface area contributed by atoms with Crippen molar-refractivity contribution in [1.82, 2.24) is 14.5 Å². The van der Waals surface area contributed by atoms with Crippen LogP contribution in [-0.2, 0) is 16.6 Å². The first-order valence-corrected chi connectivity index (χ1v) is 6.96. The Balaban J connectivity index is 2.89. The molecule has 2 N–H and O–H groups in total. The number of hydrogen-bond acceptors (Lipinski definition) is 4. The lowest BCUT2D eigenvalue weighted by Gasteiger charge is -2.23. The number of sulfonamides is 1. The second kappa shape index (κ2) is 5.16. The topological polar surface area (TPSA) is 84.2 Å². The lowest BCUT2D eigenvalue weighted by Crippen LogP contribution is -2.42. The maximum atomic E-state index is 12.0. The van der Waals surface area contributed by atoms with E-state index in [9.17, 15) is 8.42 Å². The third kappa shape index (κ3) is 3.79. The summed E-state index contributed by atoms with van der Waals surface area (Å²) in [6, 6.07) is 0. The molecule has 0 spiro atoms. The summed E-state index contributed by atoms with van der Waals surface area (Å²) in [7, 11) is -3.54. The number of aliphatic hydroxyl groups excluding tert-OH is 1. The molecular weight excluding hydrogens is 242 g/mol. The van der Waals surface area contributed by atoms with E-state index in [1.54, 1.807) is 0 Å². The molecule has 0 saturated heterocycles. The summed E-state index contributed by atoms with van der Waals surface area (Å²) in [6.07, 6.45) is 3.38. The molecule has 17 heavy (non-hydrogen) atoms. The Morgan fingerprint density at radius 1 is 1.53 bits per heavy atom. The van der Waals surface area contributed by atoms with Crippen LogP contribution in [0.25, 0.3) is 0 Å². The van der Waals surface area contributed by atoms with E-state index >= 15 is 0 Å². The van der Waals surface area contributed by atoms with E-state index in [1.807, 2.05) is 20.8 Å². The third-order valence-corrected chi connectivity index (χ3v) is 4.20. The van der Waals surface area contributed by atoms with Gasteiger partial charge in [-0.25, -0.2) is 13.1 Å². The molecule has 7 heteroatoms. The number of nitrogens with zero attached hydrogens (tertiary/aromatic N) is 2. The Labute approximate surface area is 102 Å². The second-order valence-electron chi connectivity index (χ2n) is 4.51. The Hall–Kier alpha value is -0.920. The standard InChI is InChI=1S/C10H19N3O3S/c1-4-10(2,3)12-17(15,16)9-7-11-13(8-9)5-6-14/h7-8,12,14H,4-6H2,1-3H3. The first-order chi connectivity index (χ1) is 7.80.